The molecule has 3 N–H and O–H groups in total. The molecule has 152 valence electrons. The van der Waals surface area contributed by atoms with Gasteiger partial charge in [0.25, 0.3) is 11.6 Å². The van der Waals surface area contributed by atoms with Crippen molar-refractivity contribution in [2.45, 2.75) is 0 Å². The summed E-state index contributed by atoms with van der Waals surface area (Å²) in [7, 11) is 0. The fourth-order valence-corrected chi connectivity index (χ4v) is 3.32. The number of nitrogens with two attached hydrogens (primary N) is 1. The number of amides is 1. The molecule has 3 aromatic rings. The third kappa shape index (κ3) is 3.44. The Morgan fingerprint density at radius 3 is 2.23 bits per heavy atom. The maximum absolute atomic E-state index is 12.9. The molecule has 0 aromatic heterocycles. The van der Waals surface area contributed by atoms with Gasteiger partial charge in [-0.25, -0.2) is 5.43 Å². The SMILES string of the molecule is Nc1c(C(=O)N/N=C/c2ccc([N+](=O)[O-])cc2)ccc2c1C(=O)c1ccccc1C2=O. The summed E-state index contributed by atoms with van der Waals surface area (Å²) in [4.78, 5) is 48.3. The first-order valence-electron chi connectivity index (χ1n) is 9.07. The molecule has 0 atom stereocenters. The van der Waals surface area contributed by atoms with E-state index in [0.717, 1.165) is 0 Å². The fourth-order valence-electron chi connectivity index (χ4n) is 3.32. The van der Waals surface area contributed by atoms with Crippen molar-refractivity contribution in [3.63, 3.8) is 0 Å². The Morgan fingerprint density at radius 1 is 0.935 bits per heavy atom. The van der Waals surface area contributed by atoms with E-state index in [4.69, 9.17) is 5.73 Å². The van der Waals surface area contributed by atoms with Crippen LogP contribution in [0, 0.1) is 10.1 Å². The molecule has 9 heteroatoms. The van der Waals surface area contributed by atoms with Gasteiger partial charge < -0.3 is 5.73 Å². The van der Waals surface area contributed by atoms with Crippen molar-refractivity contribution >= 4 is 35.1 Å². The van der Waals surface area contributed by atoms with Gasteiger partial charge in [-0.05, 0) is 29.8 Å². The second-order valence-electron chi connectivity index (χ2n) is 6.70. The smallest absolute Gasteiger partial charge is 0.273 e. The molecule has 0 aliphatic heterocycles. The van der Waals surface area contributed by atoms with E-state index >= 15 is 0 Å². The van der Waals surface area contributed by atoms with Crippen LogP contribution in [0.25, 0.3) is 0 Å². The topological polar surface area (TPSA) is 145 Å². The van der Waals surface area contributed by atoms with Crippen LogP contribution in [0.2, 0.25) is 0 Å². The molecule has 0 saturated heterocycles. The number of anilines is 1. The number of hydrogen-bond acceptors (Lipinski definition) is 7. The average molecular weight is 414 g/mol. The molecule has 1 amide bonds. The summed E-state index contributed by atoms with van der Waals surface area (Å²) in [6.45, 7) is 0. The molecule has 0 radical (unpaired) electrons. The maximum atomic E-state index is 12.9. The number of nitro benzene ring substituents is 1. The second-order valence-corrected chi connectivity index (χ2v) is 6.70. The van der Waals surface area contributed by atoms with Crippen LogP contribution >= 0.6 is 0 Å². The molecule has 0 fully saturated rings. The van der Waals surface area contributed by atoms with Gasteiger partial charge >= 0.3 is 0 Å². The lowest BCUT2D eigenvalue weighted by Gasteiger charge is -2.20. The Balaban J connectivity index is 1.58. The Labute approximate surface area is 175 Å². The minimum atomic E-state index is -0.669. The molecule has 0 spiro atoms. The summed E-state index contributed by atoms with van der Waals surface area (Å²) in [6, 6.07) is 14.8. The maximum Gasteiger partial charge on any atom is 0.273 e. The standard InChI is InChI=1S/C22H14N4O5/c23-19-17(22(29)25-24-11-12-5-7-13(8-6-12)26(30)31)10-9-16-18(19)21(28)15-4-2-1-3-14(15)20(16)27/h1-11H,23H2,(H,25,29)/b24-11+. The lowest BCUT2D eigenvalue weighted by atomic mass is 9.82. The monoisotopic (exact) mass is 414 g/mol. The highest BCUT2D eigenvalue weighted by atomic mass is 16.6. The number of non-ortho nitro benzene ring substituents is 1. The molecule has 0 unspecified atom stereocenters. The Hall–Kier alpha value is -4.66. The lowest BCUT2D eigenvalue weighted by Crippen LogP contribution is -2.25. The normalized spacial score (nSPS) is 12.4. The summed E-state index contributed by atoms with van der Waals surface area (Å²) in [6.07, 6.45) is 1.31. The first-order valence-corrected chi connectivity index (χ1v) is 9.07. The molecule has 0 saturated carbocycles. The number of nitro groups is 1. The average Bonchev–Trinajstić information content (AvgIpc) is 2.77. The number of carbonyl (C=O) groups excluding carboxylic acids is 3. The molecule has 4 rings (SSSR count). The van der Waals surface area contributed by atoms with Crippen molar-refractivity contribution in [1.29, 1.82) is 0 Å². The third-order valence-electron chi connectivity index (χ3n) is 4.86. The first-order chi connectivity index (χ1) is 14.9. The molecule has 1 aliphatic rings. The zero-order chi connectivity index (χ0) is 22.1. The lowest BCUT2D eigenvalue weighted by molar-refractivity contribution is -0.384. The van der Waals surface area contributed by atoms with Crippen LogP contribution in [0.4, 0.5) is 11.4 Å². The number of nitrogen functional groups attached to an aromatic ring is 1. The van der Waals surface area contributed by atoms with E-state index in [0.29, 0.717) is 11.1 Å². The molecule has 1 aliphatic carbocycles. The Kier molecular flexibility index (Phi) is 4.84. The number of benzene rings is 3. The molecule has 0 heterocycles. The van der Waals surface area contributed by atoms with Crippen molar-refractivity contribution in [2.75, 3.05) is 5.73 Å². The van der Waals surface area contributed by atoms with Gasteiger partial charge in [-0.3, -0.25) is 24.5 Å². The number of ketones is 2. The number of carbonyl (C=O) groups is 3. The van der Waals surface area contributed by atoms with Gasteiger partial charge in [0, 0.05) is 28.8 Å². The van der Waals surface area contributed by atoms with Gasteiger partial charge in [0.15, 0.2) is 11.6 Å². The first kappa shape index (κ1) is 19.6. The van der Waals surface area contributed by atoms with Gasteiger partial charge in [-0.15, -0.1) is 0 Å². The quantitative estimate of drug-likeness (QED) is 0.227. The van der Waals surface area contributed by atoms with Gasteiger partial charge in [0.2, 0.25) is 0 Å². The predicted octanol–water partition coefficient (Wildman–Crippen LogP) is 2.72. The van der Waals surface area contributed by atoms with Gasteiger partial charge in [-0.1, -0.05) is 24.3 Å². The molecule has 0 bridgehead atoms. The number of fused-ring (bicyclic) bond motifs is 2. The third-order valence-corrected chi connectivity index (χ3v) is 4.86. The fraction of sp³-hybridized carbons (Fsp3) is 0. The van der Waals surface area contributed by atoms with Crippen LogP contribution in [0.15, 0.2) is 65.8 Å². The van der Waals surface area contributed by atoms with Gasteiger partial charge in [0.05, 0.1) is 28.0 Å². The Morgan fingerprint density at radius 2 is 1.58 bits per heavy atom. The minimum Gasteiger partial charge on any atom is -0.397 e. The van der Waals surface area contributed by atoms with Crippen LogP contribution in [0.1, 0.15) is 47.8 Å². The van der Waals surface area contributed by atoms with E-state index in [-0.39, 0.29) is 39.4 Å². The van der Waals surface area contributed by atoms with Crippen molar-refractivity contribution in [3.8, 4) is 0 Å². The van der Waals surface area contributed by atoms with Gasteiger partial charge in [0.1, 0.15) is 0 Å². The zero-order valence-electron chi connectivity index (χ0n) is 15.9. The van der Waals surface area contributed by atoms with Gasteiger partial charge in [-0.2, -0.15) is 5.10 Å². The number of nitrogens with zero attached hydrogens (tertiary/aromatic N) is 2. The number of hydrazone groups is 1. The van der Waals surface area contributed by atoms with E-state index in [2.05, 4.69) is 10.5 Å². The number of hydrogen-bond donors (Lipinski definition) is 2. The van der Waals surface area contributed by atoms with Crippen LogP contribution in [0.3, 0.4) is 0 Å². The predicted molar refractivity (Wildman–Crippen MR) is 112 cm³/mol. The summed E-state index contributed by atoms with van der Waals surface area (Å²) in [5.74, 6) is -1.43. The molecular weight excluding hydrogens is 400 g/mol. The van der Waals surface area contributed by atoms with Crippen molar-refractivity contribution in [2.24, 2.45) is 5.10 Å². The summed E-state index contributed by atoms with van der Waals surface area (Å²) < 4.78 is 0. The van der Waals surface area contributed by atoms with Crippen molar-refractivity contribution < 1.29 is 19.3 Å². The number of nitrogens with one attached hydrogen (secondary N) is 1. The van der Waals surface area contributed by atoms with Crippen LogP contribution in [0.5, 0.6) is 0 Å². The highest BCUT2D eigenvalue weighted by Gasteiger charge is 2.32. The second kappa shape index (κ2) is 7.64. The van der Waals surface area contributed by atoms with E-state index in [1.165, 1.54) is 42.6 Å². The summed E-state index contributed by atoms with van der Waals surface area (Å²) >= 11 is 0. The van der Waals surface area contributed by atoms with Crippen LogP contribution in [-0.2, 0) is 0 Å². The van der Waals surface area contributed by atoms with E-state index in [1.54, 1.807) is 24.3 Å². The van der Waals surface area contributed by atoms with E-state index in [9.17, 15) is 24.5 Å². The Bertz CT molecular complexity index is 1300. The highest BCUT2D eigenvalue weighted by molar-refractivity contribution is 6.30. The zero-order valence-corrected chi connectivity index (χ0v) is 15.9. The molecule has 31 heavy (non-hydrogen) atoms. The number of rotatable bonds is 4. The molecular formula is C22H14N4O5. The molecule has 3 aromatic carbocycles. The summed E-state index contributed by atoms with van der Waals surface area (Å²) in [5.41, 5.74) is 9.42. The molecule has 9 nitrogen and oxygen atoms in total. The van der Waals surface area contributed by atoms with Crippen molar-refractivity contribution in [1.82, 2.24) is 5.43 Å². The minimum absolute atomic E-state index is 0.000121. The van der Waals surface area contributed by atoms with Crippen molar-refractivity contribution in [3.05, 3.63) is 104 Å². The van der Waals surface area contributed by atoms with Crippen LogP contribution in [-0.4, -0.2) is 28.6 Å². The largest absolute Gasteiger partial charge is 0.397 e. The summed E-state index contributed by atoms with van der Waals surface area (Å²) in [5, 5.41) is 14.5. The van der Waals surface area contributed by atoms with Crippen LogP contribution < -0.4 is 11.2 Å². The van der Waals surface area contributed by atoms with E-state index < -0.39 is 16.6 Å². The highest BCUT2D eigenvalue weighted by Crippen LogP contribution is 2.32. The van der Waals surface area contributed by atoms with E-state index in [1.807, 2.05) is 0 Å².